The molecule has 5 heteroatoms. The summed E-state index contributed by atoms with van der Waals surface area (Å²) in [5.74, 6) is 0.583. The highest BCUT2D eigenvalue weighted by Crippen LogP contribution is 2.18. The molecule has 116 valence electrons. The molecule has 0 unspecified atom stereocenters. The largest absolute Gasteiger partial charge is 0.497 e. The van der Waals surface area contributed by atoms with E-state index >= 15 is 0 Å². The minimum atomic E-state index is -0.188. The summed E-state index contributed by atoms with van der Waals surface area (Å²) < 4.78 is 5.22. The number of methoxy groups -OCH3 is 1. The fraction of sp³-hybridized carbons (Fsp3) is 0.294. The van der Waals surface area contributed by atoms with E-state index in [4.69, 9.17) is 9.84 Å². The number of amides is 1. The first-order valence-electron chi connectivity index (χ1n) is 7.20. The second-order valence-electron chi connectivity index (χ2n) is 4.83. The normalized spacial score (nSPS) is 10.3. The van der Waals surface area contributed by atoms with E-state index in [0.717, 1.165) is 16.9 Å². The van der Waals surface area contributed by atoms with Gasteiger partial charge in [0.15, 0.2) is 0 Å². The second kappa shape index (κ2) is 8.14. The van der Waals surface area contributed by atoms with Crippen molar-refractivity contribution >= 4 is 5.91 Å². The lowest BCUT2D eigenvalue weighted by molar-refractivity contribution is 0.0949. The molecular formula is C17H20N2O3. The summed E-state index contributed by atoms with van der Waals surface area (Å²) >= 11 is 0. The molecule has 0 bridgehead atoms. The number of benzene rings is 1. The molecule has 0 radical (unpaired) electrons. The zero-order valence-corrected chi connectivity index (χ0v) is 12.6. The maximum atomic E-state index is 11.9. The molecule has 2 rings (SSSR count). The number of aliphatic hydroxyl groups excluding tert-OH is 1. The molecule has 0 atom stereocenters. The maximum absolute atomic E-state index is 11.9. The Balaban J connectivity index is 1.97. The van der Waals surface area contributed by atoms with Crippen molar-refractivity contribution in [3.8, 4) is 5.75 Å². The topological polar surface area (TPSA) is 71.5 Å². The van der Waals surface area contributed by atoms with Gasteiger partial charge in [-0.15, -0.1) is 0 Å². The lowest BCUT2D eigenvalue weighted by atomic mass is 10.0. The minimum Gasteiger partial charge on any atom is -0.497 e. The first-order valence-corrected chi connectivity index (χ1v) is 7.20. The van der Waals surface area contributed by atoms with Gasteiger partial charge < -0.3 is 15.2 Å². The lowest BCUT2D eigenvalue weighted by Gasteiger charge is -2.11. The predicted molar refractivity (Wildman–Crippen MR) is 84.1 cm³/mol. The van der Waals surface area contributed by atoms with Gasteiger partial charge in [-0.2, -0.15) is 0 Å². The van der Waals surface area contributed by atoms with Crippen molar-refractivity contribution in [2.45, 2.75) is 12.8 Å². The SMILES string of the molecule is COc1ccc(CCO)c(CCNC(=O)c2ccccn2)c1. The van der Waals surface area contributed by atoms with Crippen LogP contribution in [0.3, 0.4) is 0 Å². The number of carbonyl (C=O) groups is 1. The minimum absolute atomic E-state index is 0.0968. The average Bonchev–Trinajstić information content (AvgIpc) is 2.57. The van der Waals surface area contributed by atoms with E-state index in [1.165, 1.54) is 0 Å². The number of hydrogen-bond acceptors (Lipinski definition) is 4. The molecule has 0 aliphatic rings. The predicted octanol–water partition coefficient (Wildman–Crippen LogP) is 1.60. The summed E-state index contributed by atoms with van der Waals surface area (Å²) in [5.41, 5.74) is 2.54. The molecule has 0 spiro atoms. The summed E-state index contributed by atoms with van der Waals surface area (Å²) in [7, 11) is 1.62. The van der Waals surface area contributed by atoms with E-state index in [1.54, 1.807) is 31.5 Å². The first-order chi connectivity index (χ1) is 10.7. The molecule has 1 aromatic carbocycles. The zero-order chi connectivity index (χ0) is 15.8. The number of aliphatic hydroxyl groups is 1. The van der Waals surface area contributed by atoms with Crippen molar-refractivity contribution in [2.24, 2.45) is 0 Å². The highest BCUT2D eigenvalue weighted by molar-refractivity contribution is 5.92. The van der Waals surface area contributed by atoms with Gasteiger partial charge in [-0.25, -0.2) is 0 Å². The van der Waals surface area contributed by atoms with Crippen LogP contribution in [0.5, 0.6) is 5.75 Å². The van der Waals surface area contributed by atoms with Crippen molar-refractivity contribution in [3.05, 3.63) is 59.4 Å². The molecule has 5 nitrogen and oxygen atoms in total. The van der Waals surface area contributed by atoms with Gasteiger partial charge in [-0.05, 0) is 48.2 Å². The molecular weight excluding hydrogens is 280 g/mol. The molecule has 22 heavy (non-hydrogen) atoms. The number of nitrogens with one attached hydrogen (secondary N) is 1. The first kappa shape index (κ1) is 16.0. The highest BCUT2D eigenvalue weighted by Gasteiger charge is 2.08. The Morgan fingerprint density at radius 3 is 2.77 bits per heavy atom. The van der Waals surface area contributed by atoms with Crippen molar-refractivity contribution < 1.29 is 14.6 Å². The van der Waals surface area contributed by atoms with Crippen LogP contribution >= 0.6 is 0 Å². The maximum Gasteiger partial charge on any atom is 0.269 e. The summed E-state index contributed by atoms with van der Waals surface area (Å²) in [6, 6.07) is 11.0. The summed E-state index contributed by atoms with van der Waals surface area (Å²) in [6.07, 6.45) is 2.86. The van der Waals surface area contributed by atoms with Crippen molar-refractivity contribution in [2.75, 3.05) is 20.3 Å². The van der Waals surface area contributed by atoms with Gasteiger partial charge in [0, 0.05) is 19.3 Å². The molecule has 0 aliphatic carbocycles. The third-order valence-corrected chi connectivity index (χ3v) is 3.37. The van der Waals surface area contributed by atoms with Crippen molar-refractivity contribution in [3.63, 3.8) is 0 Å². The van der Waals surface area contributed by atoms with Crippen LogP contribution < -0.4 is 10.1 Å². The van der Waals surface area contributed by atoms with Gasteiger partial charge in [-0.3, -0.25) is 9.78 Å². The van der Waals surface area contributed by atoms with E-state index in [9.17, 15) is 4.79 Å². The Hall–Kier alpha value is -2.40. The van der Waals surface area contributed by atoms with E-state index in [0.29, 0.717) is 25.1 Å². The lowest BCUT2D eigenvalue weighted by Crippen LogP contribution is -2.26. The van der Waals surface area contributed by atoms with Crippen LogP contribution in [0, 0.1) is 0 Å². The molecule has 0 saturated heterocycles. The number of aromatic nitrogens is 1. The summed E-state index contributed by atoms with van der Waals surface area (Å²) in [6.45, 7) is 0.598. The third kappa shape index (κ3) is 4.30. The highest BCUT2D eigenvalue weighted by atomic mass is 16.5. The van der Waals surface area contributed by atoms with Crippen LogP contribution in [0.2, 0.25) is 0 Å². The van der Waals surface area contributed by atoms with Crippen LogP contribution in [0.4, 0.5) is 0 Å². The second-order valence-corrected chi connectivity index (χ2v) is 4.83. The monoisotopic (exact) mass is 300 g/mol. The molecule has 0 fully saturated rings. The molecule has 2 N–H and O–H groups in total. The molecule has 1 amide bonds. The van der Waals surface area contributed by atoms with Gasteiger partial charge >= 0.3 is 0 Å². The quantitative estimate of drug-likeness (QED) is 0.815. The number of hydrogen-bond donors (Lipinski definition) is 2. The summed E-state index contributed by atoms with van der Waals surface area (Å²) in [4.78, 5) is 15.9. The number of pyridine rings is 1. The smallest absolute Gasteiger partial charge is 0.269 e. The fourth-order valence-electron chi connectivity index (χ4n) is 2.22. The van der Waals surface area contributed by atoms with E-state index in [1.807, 2.05) is 18.2 Å². The Bertz CT molecular complexity index is 615. The van der Waals surface area contributed by atoms with Crippen LogP contribution in [-0.2, 0) is 12.8 Å². The number of rotatable bonds is 7. The van der Waals surface area contributed by atoms with Gasteiger partial charge in [0.05, 0.1) is 7.11 Å². The van der Waals surface area contributed by atoms with Gasteiger partial charge in [0.1, 0.15) is 11.4 Å². The molecule has 0 aliphatic heterocycles. The van der Waals surface area contributed by atoms with Gasteiger partial charge in [0.25, 0.3) is 5.91 Å². The third-order valence-electron chi connectivity index (χ3n) is 3.37. The number of ether oxygens (including phenoxy) is 1. The van der Waals surface area contributed by atoms with Crippen LogP contribution in [0.15, 0.2) is 42.6 Å². The van der Waals surface area contributed by atoms with Gasteiger partial charge in [-0.1, -0.05) is 12.1 Å². The zero-order valence-electron chi connectivity index (χ0n) is 12.6. The Morgan fingerprint density at radius 1 is 1.23 bits per heavy atom. The Morgan fingerprint density at radius 2 is 2.09 bits per heavy atom. The van der Waals surface area contributed by atoms with E-state index < -0.39 is 0 Å². The molecule has 0 saturated carbocycles. The Labute approximate surface area is 130 Å². The van der Waals surface area contributed by atoms with E-state index in [-0.39, 0.29) is 12.5 Å². The van der Waals surface area contributed by atoms with Crippen LogP contribution in [0.1, 0.15) is 21.6 Å². The number of nitrogens with zero attached hydrogens (tertiary/aromatic N) is 1. The van der Waals surface area contributed by atoms with Gasteiger partial charge in [0.2, 0.25) is 0 Å². The van der Waals surface area contributed by atoms with Crippen LogP contribution in [-0.4, -0.2) is 36.3 Å². The standard InChI is InChI=1S/C17H20N2O3/c1-22-15-6-5-13(8-11-20)14(12-15)7-10-19-17(21)16-4-2-3-9-18-16/h2-6,9,12,20H,7-8,10-11H2,1H3,(H,19,21). The van der Waals surface area contributed by atoms with Crippen molar-refractivity contribution in [1.82, 2.24) is 10.3 Å². The Kier molecular flexibility index (Phi) is 5.91. The van der Waals surface area contributed by atoms with E-state index in [2.05, 4.69) is 10.3 Å². The number of carbonyl (C=O) groups excluding carboxylic acids is 1. The van der Waals surface area contributed by atoms with Crippen LogP contribution in [0.25, 0.3) is 0 Å². The fourth-order valence-corrected chi connectivity index (χ4v) is 2.22. The molecule has 1 aromatic heterocycles. The van der Waals surface area contributed by atoms with Crippen molar-refractivity contribution in [1.29, 1.82) is 0 Å². The molecule has 2 aromatic rings. The summed E-state index contributed by atoms with van der Waals surface area (Å²) in [5, 5.41) is 12.0. The molecule has 1 heterocycles. The average molecular weight is 300 g/mol.